The van der Waals surface area contributed by atoms with Gasteiger partial charge < -0.3 is 25.1 Å². The first-order chi connectivity index (χ1) is 22.7. The average molecular weight is 653 g/mol. The Hall–Kier alpha value is -4.71. The first kappa shape index (κ1) is 33.6. The SMILES string of the molecule is Cc1csc(CN(C)C(=O)c2cc(C(=O)N[C@@H](Cc3ccccc3)[C@H](O)CNCc3cncc(C(C)C)c3)cc(-c3ncco3)c2)n1. The fraction of sp³-hybridized carbons (Fsp3) is 0.306. The number of amides is 2. The number of aryl methyl sites for hydroxylation is 1. The number of pyridine rings is 1. The number of oxazole rings is 1. The molecule has 0 saturated carbocycles. The van der Waals surface area contributed by atoms with Crippen LogP contribution < -0.4 is 10.6 Å². The summed E-state index contributed by atoms with van der Waals surface area (Å²) in [5.41, 5.74) is 5.07. The van der Waals surface area contributed by atoms with E-state index in [2.05, 4.69) is 45.5 Å². The summed E-state index contributed by atoms with van der Waals surface area (Å²) in [5, 5.41) is 20.5. The standard InChI is InChI=1S/C36H40N6O4S/c1-23(2)30-12-26(17-37-19-30)18-38-20-32(43)31(13-25-8-6-5-7-9-25)41-34(44)27-14-28(35-39-10-11-46-35)16-29(15-27)36(45)42(4)21-33-40-24(3)22-47-33/h5-12,14-17,19,22-23,31-32,38,43H,13,18,20-21H2,1-4H3,(H,41,44)/t31-,32+/m0/s1. The largest absolute Gasteiger partial charge is 0.445 e. The fourth-order valence-electron chi connectivity index (χ4n) is 5.17. The highest BCUT2D eigenvalue weighted by molar-refractivity contribution is 7.09. The topological polar surface area (TPSA) is 133 Å². The number of hydrogen-bond donors (Lipinski definition) is 3. The van der Waals surface area contributed by atoms with Crippen molar-refractivity contribution in [2.24, 2.45) is 0 Å². The molecule has 47 heavy (non-hydrogen) atoms. The maximum absolute atomic E-state index is 13.9. The quantitative estimate of drug-likeness (QED) is 0.146. The van der Waals surface area contributed by atoms with Crippen molar-refractivity contribution >= 4 is 23.2 Å². The number of nitrogens with one attached hydrogen (secondary N) is 2. The van der Waals surface area contributed by atoms with E-state index in [-0.39, 0.29) is 23.9 Å². The third kappa shape index (κ3) is 9.19. The van der Waals surface area contributed by atoms with Crippen molar-refractivity contribution in [1.29, 1.82) is 0 Å². The average Bonchev–Trinajstić information content (AvgIpc) is 3.76. The van der Waals surface area contributed by atoms with Crippen molar-refractivity contribution in [3.63, 3.8) is 0 Å². The Balaban J connectivity index is 1.35. The number of rotatable bonds is 14. The first-order valence-electron chi connectivity index (χ1n) is 15.5. The Morgan fingerprint density at radius 2 is 1.83 bits per heavy atom. The molecule has 0 radical (unpaired) electrons. The number of aromatic nitrogens is 3. The molecule has 5 aromatic rings. The van der Waals surface area contributed by atoms with Gasteiger partial charge >= 0.3 is 0 Å². The molecule has 3 N–H and O–H groups in total. The summed E-state index contributed by atoms with van der Waals surface area (Å²) in [6.45, 7) is 7.25. The normalized spacial score (nSPS) is 12.6. The minimum Gasteiger partial charge on any atom is -0.445 e. The Morgan fingerprint density at radius 3 is 2.53 bits per heavy atom. The van der Waals surface area contributed by atoms with E-state index in [1.807, 2.05) is 55.0 Å². The van der Waals surface area contributed by atoms with E-state index in [0.29, 0.717) is 36.6 Å². The smallest absolute Gasteiger partial charge is 0.254 e. The molecule has 3 aromatic heterocycles. The van der Waals surface area contributed by atoms with Gasteiger partial charge in [0, 0.05) is 60.3 Å². The minimum atomic E-state index is -0.913. The van der Waals surface area contributed by atoms with Crippen LogP contribution in [-0.2, 0) is 19.5 Å². The zero-order valence-corrected chi connectivity index (χ0v) is 27.8. The van der Waals surface area contributed by atoms with Gasteiger partial charge in [0.25, 0.3) is 11.8 Å². The summed E-state index contributed by atoms with van der Waals surface area (Å²) in [7, 11) is 1.70. The fourth-order valence-corrected chi connectivity index (χ4v) is 6.00. The monoisotopic (exact) mass is 652 g/mol. The van der Waals surface area contributed by atoms with Gasteiger partial charge in [-0.2, -0.15) is 0 Å². The summed E-state index contributed by atoms with van der Waals surface area (Å²) >= 11 is 1.49. The van der Waals surface area contributed by atoms with E-state index >= 15 is 0 Å². The van der Waals surface area contributed by atoms with E-state index in [1.54, 1.807) is 30.1 Å². The minimum absolute atomic E-state index is 0.241. The Bertz CT molecular complexity index is 1770. The van der Waals surface area contributed by atoms with Crippen LogP contribution >= 0.6 is 11.3 Å². The molecule has 2 aromatic carbocycles. The number of benzene rings is 2. The number of carbonyl (C=O) groups excluding carboxylic acids is 2. The van der Waals surface area contributed by atoms with Crippen LogP contribution in [0.15, 0.2) is 89.2 Å². The Morgan fingerprint density at radius 1 is 1.04 bits per heavy atom. The van der Waals surface area contributed by atoms with Crippen molar-refractivity contribution in [2.75, 3.05) is 13.6 Å². The van der Waals surface area contributed by atoms with Gasteiger partial charge in [-0.15, -0.1) is 11.3 Å². The van der Waals surface area contributed by atoms with Gasteiger partial charge in [-0.25, -0.2) is 9.97 Å². The predicted octanol–water partition coefficient (Wildman–Crippen LogP) is 5.39. The van der Waals surface area contributed by atoms with Crippen LogP contribution in [-0.4, -0.2) is 62.5 Å². The molecular weight excluding hydrogens is 613 g/mol. The molecular formula is C36H40N6O4S. The number of aliphatic hydroxyl groups excluding tert-OH is 1. The highest BCUT2D eigenvalue weighted by Gasteiger charge is 2.25. The van der Waals surface area contributed by atoms with E-state index in [4.69, 9.17) is 4.42 Å². The molecule has 2 amide bonds. The summed E-state index contributed by atoms with van der Waals surface area (Å²) in [6.07, 6.45) is 6.11. The molecule has 3 heterocycles. The number of hydrogen-bond acceptors (Lipinski definition) is 9. The Kier molecular flexibility index (Phi) is 11.3. The number of carbonyl (C=O) groups is 2. The van der Waals surface area contributed by atoms with Crippen LogP contribution in [0.1, 0.15) is 67.9 Å². The molecule has 0 fully saturated rings. The molecule has 0 saturated heterocycles. The lowest BCUT2D eigenvalue weighted by molar-refractivity contribution is 0.0784. The zero-order chi connectivity index (χ0) is 33.3. The molecule has 2 atom stereocenters. The van der Waals surface area contributed by atoms with Crippen LogP contribution in [0, 0.1) is 6.92 Å². The van der Waals surface area contributed by atoms with Crippen molar-refractivity contribution in [2.45, 2.75) is 58.3 Å². The molecule has 0 spiro atoms. The van der Waals surface area contributed by atoms with Gasteiger partial charge in [-0.1, -0.05) is 50.2 Å². The molecule has 10 nitrogen and oxygen atoms in total. The van der Waals surface area contributed by atoms with Crippen LogP contribution in [0.25, 0.3) is 11.5 Å². The molecule has 0 bridgehead atoms. The second kappa shape index (κ2) is 15.7. The van der Waals surface area contributed by atoms with E-state index in [9.17, 15) is 14.7 Å². The lowest BCUT2D eigenvalue weighted by Crippen LogP contribution is -2.48. The summed E-state index contributed by atoms with van der Waals surface area (Å²) in [5.74, 6) is -0.0621. The van der Waals surface area contributed by atoms with E-state index < -0.39 is 18.1 Å². The molecule has 11 heteroatoms. The maximum atomic E-state index is 13.9. The van der Waals surface area contributed by atoms with E-state index in [1.165, 1.54) is 23.8 Å². The van der Waals surface area contributed by atoms with Crippen LogP contribution in [0.2, 0.25) is 0 Å². The molecule has 5 rings (SSSR count). The van der Waals surface area contributed by atoms with Gasteiger partial charge in [0.1, 0.15) is 11.3 Å². The maximum Gasteiger partial charge on any atom is 0.254 e. The van der Waals surface area contributed by atoms with Gasteiger partial charge in [0.15, 0.2) is 0 Å². The van der Waals surface area contributed by atoms with Crippen LogP contribution in [0.3, 0.4) is 0 Å². The zero-order valence-electron chi connectivity index (χ0n) is 27.0. The van der Waals surface area contributed by atoms with Crippen LogP contribution in [0.5, 0.6) is 0 Å². The van der Waals surface area contributed by atoms with Gasteiger partial charge in [-0.3, -0.25) is 14.6 Å². The van der Waals surface area contributed by atoms with Gasteiger partial charge in [0.2, 0.25) is 5.89 Å². The number of thiazole rings is 1. The summed E-state index contributed by atoms with van der Waals surface area (Å²) < 4.78 is 5.52. The molecule has 0 aliphatic heterocycles. The van der Waals surface area contributed by atoms with Crippen molar-refractivity contribution < 1.29 is 19.1 Å². The number of nitrogens with zero attached hydrogens (tertiary/aromatic N) is 4. The summed E-state index contributed by atoms with van der Waals surface area (Å²) in [6, 6.07) is 16.0. The van der Waals surface area contributed by atoms with Crippen molar-refractivity contribution in [1.82, 2.24) is 30.5 Å². The molecule has 0 unspecified atom stereocenters. The lowest BCUT2D eigenvalue weighted by atomic mass is 9.99. The molecule has 0 aliphatic carbocycles. The molecule has 0 aliphatic rings. The molecule has 244 valence electrons. The predicted molar refractivity (Wildman–Crippen MR) is 182 cm³/mol. The van der Waals surface area contributed by atoms with E-state index in [0.717, 1.165) is 27.4 Å². The van der Waals surface area contributed by atoms with Crippen molar-refractivity contribution in [3.05, 3.63) is 123 Å². The highest BCUT2D eigenvalue weighted by Crippen LogP contribution is 2.23. The van der Waals surface area contributed by atoms with Crippen LogP contribution in [0.4, 0.5) is 0 Å². The van der Waals surface area contributed by atoms with Crippen molar-refractivity contribution in [3.8, 4) is 11.5 Å². The van der Waals surface area contributed by atoms with Gasteiger partial charge in [0.05, 0.1) is 24.9 Å². The Labute approximate surface area is 278 Å². The number of aliphatic hydroxyl groups is 1. The third-order valence-electron chi connectivity index (χ3n) is 7.75. The second-order valence-corrected chi connectivity index (χ2v) is 12.9. The summed E-state index contributed by atoms with van der Waals surface area (Å²) in [4.78, 5) is 42.1. The third-order valence-corrected chi connectivity index (χ3v) is 8.70. The lowest BCUT2D eigenvalue weighted by Gasteiger charge is -2.25. The van der Waals surface area contributed by atoms with Gasteiger partial charge in [-0.05, 0) is 54.2 Å². The second-order valence-electron chi connectivity index (χ2n) is 11.9. The first-order valence-corrected chi connectivity index (χ1v) is 16.4. The highest BCUT2D eigenvalue weighted by atomic mass is 32.1.